The first-order valence-corrected chi connectivity index (χ1v) is 16.0. The molecule has 9 heteroatoms. The third-order valence-electron chi connectivity index (χ3n) is 7.93. The summed E-state index contributed by atoms with van der Waals surface area (Å²) in [5.41, 5.74) is 0.664. The Labute approximate surface area is 216 Å². The SMILES string of the molecule is CNc1nc(CO[Si](C)(C)C(C)(C)C)nc2c1C(C)(C)C(=O)N2c1ccc(OC2CCCCC2)nc1. The maximum atomic E-state index is 13.7. The van der Waals surface area contributed by atoms with Crippen molar-refractivity contribution in [3.8, 4) is 5.88 Å². The zero-order chi connectivity index (χ0) is 26.3. The molecule has 2 aromatic rings. The second-order valence-corrected chi connectivity index (χ2v) is 16.8. The smallest absolute Gasteiger partial charge is 0.243 e. The number of amides is 1. The molecule has 1 aliphatic carbocycles. The van der Waals surface area contributed by atoms with Gasteiger partial charge in [0.1, 0.15) is 17.7 Å². The van der Waals surface area contributed by atoms with Crippen LogP contribution < -0.4 is 15.0 Å². The van der Waals surface area contributed by atoms with Gasteiger partial charge >= 0.3 is 0 Å². The van der Waals surface area contributed by atoms with E-state index in [0.29, 0.717) is 35.6 Å². The number of fused-ring (bicyclic) bond motifs is 1. The highest BCUT2D eigenvalue weighted by Crippen LogP contribution is 2.47. The number of carbonyl (C=O) groups excluding carboxylic acids is 1. The van der Waals surface area contributed by atoms with Gasteiger partial charge in [-0.25, -0.2) is 15.0 Å². The lowest BCUT2D eigenvalue weighted by molar-refractivity contribution is -0.121. The number of carbonyl (C=O) groups is 1. The van der Waals surface area contributed by atoms with Crippen molar-refractivity contribution in [2.24, 2.45) is 0 Å². The zero-order valence-electron chi connectivity index (χ0n) is 23.1. The van der Waals surface area contributed by atoms with Gasteiger partial charge in [0.25, 0.3) is 0 Å². The van der Waals surface area contributed by atoms with Crippen molar-refractivity contribution in [1.82, 2.24) is 15.0 Å². The molecule has 4 rings (SSSR count). The average Bonchev–Trinajstić information content (AvgIpc) is 3.03. The normalized spacial score (nSPS) is 18.3. The quantitative estimate of drug-likeness (QED) is 0.449. The van der Waals surface area contributed by atoms with Crippen LogP contribution in [0.5, 0.6) is 5.88 Å². The molecule has 2 aromatic heterocycles. The molecule has 2 aliphatic rings. The van der Waals surface area contributed by atoms with E-state index in [4.69, 9.17) is 19.1 Å². The Hall–Kier alpha value is -2.52. The van der Waals surface area contributed by atoms with Crippen molar-refractivity contribution in [3.63, 3.8) is 0 Å². The lowest BCUT2D eigenvalue weighted by atomic mass is 9.87. The van der Waals surface area contributed by atoms with Gasteiger partial charge in [0, 0.05) is 13.1 Å². The highest BCUT2D eigenvalue weighted by atomic mass is 28.4. The van der Waals surface area contributed by atoms with E-state index in [1.807, 2.05) is 33.0 Å². The highest BCUT2D eigenvalue weighted by Gasteiger charge is 2.48. The summed E-state index contributed by atoms with van der Waals surface area (Å²) in [6, 6.07) is 3.74. The van der Waals surface area contributed by atoms with Crippen LogP contribution in [-0.4, -0.2) is 42.3 Å². The Morgan fingerprint density at radius 3 is 2.42 bits per heavy atom. The van der Waals surface area contributed by atoms with Crippen molar-refractivity contribution < 1.29 is 14.0 Å². The number of hydrogen-bond acceptors (Lipinski definition) is 7. The lowest BCUT2D eigenvalue weighted by Crippen LogP contribution is -2.40. The third-order valence-corrected chi connectivity index (χ3v) is 12.4. The van der Waals surface area contributed by atoms with Crippen LogP contribution in [0.4, 0.5) is 17.3 Å². The molecular formula is C27H41N5O3Si. The number of rotatable bonds is 7. The molecule has 1 N–H and O–H groups in total. The molecule has 0 atom stereocenters. The minimum absolute atomic E-state index is 0.0616. The Bertz CT molecular complexity index is 1110. The largest absolute Gasteiger partial charge is 0.474 e. The van der Waals surface area contributed by atoms with E-state index in [-0.39, 0.29) is 17.0 Å². The fourth-order valence-electron chi connectivity index (χ4n) is 4.59. The van der Waals surface area contributed by atoms with Crippen LogP contribution in [0, 0.1) is 0 Å². The number of hydrogen-bond donors (Lipinski definition) is 1. The number of nitrogens with zero attached hydrogens (tertiary/aromatic N) is 4. The van der Waals surface area contributed by atoms with Gasteiger partial charge in [-0.05, 0) is 63.7 Å². The molecule has 196 valence electrons. The second-order valence-electron chi connectivity index (χ2n) is 12.0. The number of ether oxygens (including phenoxy) is 1. The number of nitrogens with one attached hydrogen (secondary N) is 1. The predicted molar refractivity (Wildman–Crippen MR) is 145 cm³/mol. The van der Waals surface area contributed by atoms with Gasteiger partial charge in [0.05, 0.1) is 29.5 Å². The highest BCUT2D eigenvalue weighted by molar-refractivity contribution is 6.74. The Morgan fingerprint density at radius 2 is 1.83 bits per heavy atom. The maximum Gasteiger partial charge on any atom is 0.243 e. The molecule has 0 spiro atoms. The minimum atomic E-state index is -1.99. The van der Waals surface area contributed by atoms with Crippen molar-refractivity contribution in [2.75, 3.05) is 17.3 Å². The Kier molecular flexibility index (Phi) is 7.18. The number of aromatic nitrogens is 3. The van der Waals surface area contributed by atoms with Gasteiger partial charge < -0.3 is 14.5 Å². The average molecular weight is 512 g/mol. The monoisotopic (exact) mass is 511 g/mol. The first-order valence-electron chi connectivity index (χ1n) is 13.1. The van der Waals surface area contributed by atoms with Gasteiger partial charge in [0.15, 0.2) is 14.1 Å². The van der Waals surface area contributed by atoms with Crippen LogP contribution in [0.2, 0.25) is 18.1 Å². The number of pyridine rings is 1. The van der Waals surface area contributed by atoms with Crippen molar-refractivity contribution in [3.05, 3.63) is 29.7 Å². The van der Waals surface area contributed by atoms with Gasteiger partial charge in [0.2, 0.25) is 11.8 Å². The Morgan fingerprint density at radius 1 is 1.14 bits per heavy atom. The minimum Gasteiger partial charge on any atom is -0.474 e. The van der Waals surface area contributed by atoms with Crippen LogP contribution in [-0.2, 0) is 21.2 Å². The van der Waals surface area contributed by atoms with Crippen molar-refractivity contribution >= 4 is 31.5 Å². The second kappa shape index (κ2) is 9.74. The summed E-state index contributed by atoms with van der Waals surface area (Å²) >= 11 is 0. The maximum absolute atomic E-state index is 13.7. The molecule has 36 heavy (non-hydrogen) atoms. The summed E-state index contributed by atoms with van der Waals surface area (Å²) in [5.74, 6) is 2.33. The Balaban J connectivity index is 1.65. The van der Waals surface area contributed by atoms with Gasteiger partial charge in [-0.15, -0.1) is 0 Å². The molecule has 1 amide bonds. The van der Waals surface area contributed by atoms with E-state index < -0.39 is 13.7 Å². The van der Waals surface area contributed by atoms with Crippen LogP contribution in [0.25, 0.3) is 0 Å². The molecule has 1 saturated carbocycles. The molecule has 3 heterocycles. The third kappa shape index (κ3) is 5.00. The molecule has 0 saturated heterocycles. The summed E-state index contributed by atoms with van der Waals surface area (Å²) in [7, 11) is -0.171. The number of anilines is 3. The summed E-state index contributed by atoms with van der Waals surface area (Å²) in [6.45, 7) is 15.2. The summed E-state index contributed by atoms with van der Waals surface area (Å²) in [4.78, 5) is 29.5. The van der Waals surface area contributed by atoms with Crippen LogP contribution in [0.1, 0.15) is 78.1 Å². The molecule has 8 nitrogen and oxygen atoms in total. The summed E-state index contributed by atoms with van der Waals surface area (Å²) in [6.07, 6.45) is 7.74. The van der Waals surface area contributed by atoms with Crippen LogP contribution in [0.3, 0.4) is 0 Å². The van der Waals surface area contributed by atoms with E-state index in [2.05, 4.69) is 44.2 Å². The van der Waals surface area contributed by atoms with E-state index in [9.17, 15) is 4.79 Å². The zero-order valence-corrected chi connectivity index (χ0v) is 24.1. The van der Waals surface area contributed by atoms with Crippen LogP contribution >= 0.6 is 0 Å². The molecule has 0 aromatic carbocycles. The van der Waals surface area contributed by atoms with Gasteiger partial charge in [-0.2, -0.15) is 0 Å². The molecule has 1 fully saturated rings. The first-order chi connectivity index (χ1) is 16.8. The van der Waals surface area contributed by atoms with E-state index >= 15 is 0 Å². The molecule has 0 bridgehead atoms. The standard InChI is InChI=1S/C27H41N5O3Si/c1-26(2,3)36(7,8)34-17-20-30-23(28-6)22-24(31-20)32(25(33)27(22,4)5)18-14-15-21(29-16-18)35-19-12-10-9-11-13-19/h14-16,19H,9-13,17H2,1-8H3,(H,28,30,31). The predicted octanol–water partition coefficient (Wildman–Crippen LogP) is 6.10. The van der Waals surface area contributed by atoms with E-state index in [1.165, 1.54) is 19.3 Å². The fourth-order valence-corrected chi connectivity index (χ4v) is 5.51. The van der Waals surface area contributed by atoms with Crippen molar-refractivity contribution in [2.45, 2.75) is 103 Å². The molecular weight excluding hydrogens is 470 g/mol. The molecule has 0 radical (unpaired) electrons. The lowest BCUT2D eigenvalue weighted by Gasteiger charge is -2.35. The fraction of sp³-hybridized carbons (Fsp3) is 0.630. The molecule has 0 unspecified atom stereocenters. The van der Waals surface area contributed by atoms with Crippen molar-refractivity contribution in [1.29, 1.82) is 0 Å². The van der Waals surface area contributed by atoms with Gasteiger partial charge in [-0.1, -0.05) is 27.2 Å². The topological polar surface area (TPSA) is 89.5 Å². The molecule has 1 aliphatic heterocycles. The summed E-state index contributed by atoms with van der Waals surface area (Å²) < 4.78 is 12.5. The van der Waals surface area contributed by atoms with E-state index in [1.54, 1.807) is 11.1 Å². The summed E-state index contributed by atoms with van der Waals surface area (Å²) in [5, 5.41) is 3.26. The first kappa shape index (κ1) is 26.5. The van der Waals surface area contributed by atoms with Crippen LogP contribution in [0.15, 0.2) is 18.3 Å². The van der Waals surface area contributed by atoms with Gasteiger partial charge in [-0.3, -0.25) is 9.69 Å². The van der Waals surface area contributed by atoms with E-state index in [0.717, 1.165) is 18.4 Å².